The average molecular weight is 546 g/mol. The molecule has 0 radical (unpaired) electrons. The van der Waals surface area contributed by atoms with Gasteiger partial charge in [0.2, 0.25) is 0 Å². The van der Waals surface area contributed by atoms with Crippen molar-refractivity contribution in [2.45, 2.75) is 18.9 Å². The van der Waals surface area contributed by atoms with Crippen LogP contribution in [0, 0.1) is 5.82 Å². The summed E-state index contributed by atoms with van der Waals surface area (Å²) in [7, 11) is 1.73. The van der Waals surface area contributed by atoms with E-state index in [0.29, 0.717) is 30.6 Å². The van der Waals surface area contributed by atoms with E-state index in [1.807, 2.05) is 48.5 Å². The van der Waals surface area contributed by atoms with Crippen molar-refractivity contribution in [2.24, 2.45) is 0 Å². The topological polar surface area (TPSA) is 74.4 Å². The highest BCUT2D eigenvalue weighted by Gasteiger charge is 2.29. The van der Waals surface area contributed by atoms with Gasteiger partial charge in [-0.05, 0) is 57.5 Å². The second-order valence-corrected chi connectivity index (χ2v) is 10.7. The maximum Gasteiger partial charge on any atom is 0.409 e. The van der Waals surface area contributed by atoms with E-state index in [9.17, 15) is 14.0 Å². The van der Waals surface area contributed by atoms with Crippen molar-refractivity contribution in [1.29, 1.82) is 0 Å². The molecule has 0 unspecified atom stereocenters. The zero-order chi connectivity index (χ0) is 28.1. The first kappa shape index (κ1) is 25.1. The van der Waals surface area contributed by atoms with E-state index in [2.05, 4.69) is 34.6 Å². The van der Waals surface area contributed by atoms with Gasteiger partial charge in [-0.2, -0.15) is 0 Å². The van der Waals surface area contributed by atoms with E-state index in [1.165, 1.54) is 34.4 Å². The number of amides is 2. The molecule has 0 saturated heterocycles. The van der Waals surface area contributed by atoms with Crippen LogP contribution in [0.15, 0.2) is 84.9 Å². The first-order valence-electron chi connectivity index (χ1n) is 13.8. The Balaban J connectivity index is 1.06. The van der Waals surface area contributed by atoms with E-state index in [1.54, 1.807) is 11.9 Å². The Morgan fingerprint density at radius 3 is 2.34 bits per heavy atom. The highest BCUT2D eigenvalue weighted by Crippen LogP contribution is 2.44. The first-order valence-corrected chi connectivity index (χ1v) is 13.8. The van der Waals surface area contributed by atoms with Gasteiger partial charge in [-0.15, -0.1) is 0 Å². The lowest BCUT2D eigenvalue weighted by molar-refractivity contribution is 0.0956. The average Bonchev–Trinajstić information content (AvgIpc) is 3.45. The minimum atomic E-state index is -0.449. The van der Waals surface area contributed by atoms with E-state index < -0.39 is 5.82 Å². The van der Waals surface area contributed by atoms with Gasteiger partial charge in [0.15, 0.2) is 0 Å². The first-order chi connectivity index (χ1) is 20.0. The molecule has 1 aliphatic heterocycles. The summed E-state index contributed by atoms with van der Waals surface area (Å²) in [5.41, 5.74) is 9.49. The third-order valence-corrected chi connectivity index (χ3v) is 8.18. The van der Waals surface area contributed by atoms with Gasteiger partial charge in [0.05, 0.1) is 5.56 Å². The standard InChI is InChI=1S/C34H28FN3O3/c1-38(34(40)41-19-29-25-8-4-2-6-23(25)24-7-3-5-9-26(24)29)18-20-10-12-21(13-11-20)32-27-14-15-36-33(39)28-16-22(35)17-30(37-32)31(27)28/h2-13,16-17,29,37H,14-15,18-19H2,1H3,(H,36,39). The number of hydrogen-bond donors (Lipinski definition) is 2. The zero-order valence-corrected chi connectivity index (χ0v) is 22.5. The number of ether oxygens (including phenoxy) is 1. The Morgan fingerprint density at radius 1 is 0.951 bits per heavy atom. The summed E-state index contributed by atoms with van der Waals surface area (Å²) < 4.78 is 20.0. The van der Waals surface area contributed by atoms with Crippen LogP contribution in [0.5, 0.6) is 0 Å². The molecular formula is C34H28FN3O3. The fourth-order valence-corrected chi connectivity index (χ4v) is 6.26. The number of carbonyl (C=O) groups excluding carboxylic acids is 2. The number of rotatable bonds is 5. The summed E-state index contributed by atoms with van der Waals surface area (Å²) in [5.74, 6) is -0.694. The lowest BCUT2D eigenvalue weighted by atomic mass is 9.98. The van der Waals surface area contributed by atoms with Crippen LogP contribution in [0.25, 0.3) is 33.3 Å². The molecule has 6 nitrogen and oxygen atoms in total. The normalized spacial score (nSPS) is 13.9. The van der Waals surface area contributed by atoms with Gasteiger partial charge < -0.3 is 19.9 Å². The summed E-state index contributed by atoms with van der Waals surface area (Å²) >= 11 is 0. The van der Waals surface area contributed by atoms with Crippen molar-refractivity contribution < 1.29 is 18.7 Å². The number of halogens is 1. The van der Waals surface area contributed by atoms with Gasteiger partial charge in [0.1, 0.15) is 12.4 Å². The van der Waals surface area contributed by atoms with E-state index in [-0.39, 0.29) is 24.5 Å². The quantitative estimate of drug-likeness (QED) is 0.260. The van der Waals surface area contributed by atoms with Crippen molar-refractivity contribution in [1.82, 2.24) is 15.2 Å². The number of aromatic nitrogens is 1. The highest BCUT2D eigenvalue weighted by atomic mass is 19.1. The Bertz CT molecular complexity index is 1780. The van der Waals surface area contributed by atoms with Gasteiger partial charge in [0.25, 0.3) is 5.91 Å². The molecule has 204 valence electrons. The van der Waals surface area contributed by atoms with Crippen LogP contribution in [0.2, 0.25) is 0 Å². The number of nitrogens with one attached hydrogen (secondary N) is 2. The maximum atomic E-state index is 14.2. The molecule has 2 N–H and O–H groups in total. The number of fused-ring (bicyclic) bond motifs is 3. The Hall–Kier alpha value is -4.91. The number of nitrogens with zero attached hydrogens (tertiary/aromatic N) is 1. The van der Waals surface area contributed by atoms with Crippen LogP contribution >= 0.6 is 0 Å². The predicted octanol–water partition coefficient (Wildman–Crippen LogP) is 6.64. The third kappa shape index (κ3) is 4.34. The summed E-state index contributed by atoms with van der Waals surface area (Å²) in [6.45, 7) is 1.15. The number of benzene rings is 4. The van der Waals surface area contributed by atoms with E-state index in [4.69, 9.17) is 4.74 Å². The summed E-state index contributed by atoms with van der Waals surface area (Å²) in [6, 6.07) is 27.2. The molecule has 7 rings (SSSR count). The predicted molar refractivity (Wildman–Crippen MR) is 156 cm³/mol. The number of H-pyrrole nitrogens is 1. The summed E-state index contributed by atoms with van der Waals surface area (Å²) in [6.07, 6.45) is 0.269. The second-order valence-electron chi connectivity index (χ2n) is 10.7. The SMILES string of the molecule is CN(Cc1ccc(-c2[nH]c3cc(F)cc4c3c2CCNC4=O)cc1)C(=O)OCC1c2ccccc2-c2ccccc21. The van der Waals surface area contributed by atoms with Crippen LogP contribution in [0.3, 0.4) is 0 Å². The molecule has 7 heteroatoms. The largest absolute Gasteiger partial charge is 0.448 e. The number of carbonyl (C=O) groups is 2. The molecule has 4 aromatic carbocycles. The number of aromatic amines is 1. The van der Waals surface area contributed by atoms with Crippen molar-refractivity contribution in [3.63, 3.8) is 0 Å². The monoisotopic (exact) mass is 545 g/mol. The molecule has 1 aromatic heterocycles. The van der Waals surface area contributed by atoms with E-state index in [0.717, 1.165) is 27.8 Å². The molecule has 0 bridgehead atoms. The zero-order valence-electron chi connectivity index (χ0n) is 22.5. The highest BCUT2D eigenvalue weighted by molar-refractivity contribution is 6.10. The second kappa shape index (κ2) is 9.93. The molecule has 2 amide bonds. The molecular weight excluding hydrogens is 517 g/mol. The molecule has 2 heterocycles. The van der Waals surface area contributed by atoms with Gasteiger partial charge >= 0.3 is 6.09 Å². The summed E-state index contributed by atoms with van der Waals surface area (Å²) in [5, 5.41) is 3.63. The number of hydrogen-bond acceptors (Lipinski definition) is 3. The van der Waals surface area contributed by atoms with Gasteiger partial charge in [0, 0.05) is 42.7 Å². The summed E-state index contributed by atoms with van der Waals surface area (Å²) in [4.78, 5) is 30.4. The smallest absolute Gasteiger partial charge is 0.409 e. The van der Waals surface area contributed by atoms with Crippen molar-refractivity contribution in [3.05, 3.63) is 119 Å². The van der Waals surface area contributed by atoms with Crippen LogP contribution in [0.4, 0.5) is 9.18 Å². The van der Waals surface area contributed by atoms with Crippen LogP contribution in [0.1, 0.15) is 38.5 Å². The fraction of sp³-hybridized carbons (Fsp3) is 0.176. The lowest BCUT2D eigenvalue weighted by Crippen LogP contribution is -2.28. The van der Waals surface area contributed by atoms with Gasteiger partial charge in [-0.3, -0.25) is 4.79 Å². The Labute approximate surface area is 236 Å². The molecule has 41 heavy (non-hydrogen) atoms. The maximum absolute atomic E-state index is 14.2. The Kier molecular flexibility index (Phi) is 6.07. The van der Waals surface area contributed by atoms with E-state index >= 15 is 0 Å². The molecule has 0 saturated carbocycles. The van der Waals surface area contributed by atoms with Crippen LogP contribution in [-0.4, -0.2) is 42.1 Å². The fourth-order valence-electron chi connectivity index (χ4n) is 6.26. The van der Waals surface area contributed by atoms with Crippen molar-refractivity contribution in [2.75, 3.05) is 20.2 Å². The third-order valence-electron chi connectivity index (χ3n) is 8.18. The van der Waals surface area contributed by atoms with Gasteiger partial charge in [-0.1, -0.05) is 72.8 Å². The molecule has 0 fully saturated rings. The van der Waals surface area contributed by atoms with Crippen molar-refractivity contribution in [3.8, 4) is 22.4 Å². The van der Waals surface area contributed by atoms with Crippen LogP contribution < -0.4 is 5.32 Å². The molecule has 5 aromatic rings. The molecule has 1 aliphatic carbocycles. The van der Waals surface area contributed by atoms with Crippen LogP contribution in [-0.2, 0) is 17.7 Å². The Morgan fingerprint density at radius 2 is 1.63 bits per heavy atom. The molecule has 0 spiro atoms. The minimum Gasteiger partial charge on any atom is -0.448 e. The van der Waals surface area contributed by atoms with Gasteiger partial charge in [-0.25, -0.2) is 9.18 Å². The lowest BCUT2D eigenvalue weighted by Gasteiger charge is -2.20. The molecule has 2 aliphatic rings. The molecule has 0 atom stereocenters. The minimum absolute atomic E-state index is 0.0139. The van der Waals surface area contributed by atoms with Crippen molar-refractivity contribution >= 4 is 22.9 Å².